The Kier molecular flexibility index (Phi) is 11.2. The predicted octanol–water partition coefficient (Wildman–Crippen LogP) is -0.789. The first kappa shape index (κ1) is 33.9. The van der Waals surface area contributed by atoms with Crippen LogP contribution >= 0.6 is 0 Å². The van der Waals surface area contributed by atoms with Crippen LogP contribution in [0.1, 0.15) is 23.6 Å². The Balaban J connectivity index is 1.48. The standard InChI is InChI=1S/C30H37NO14/c1-39-19-8-6-15-16(10-18(19)32)17(7-5-14-9-20(40-2)28(41-3)29(42-4)24(14)15)31-22(33)12-43-13-23(34)44-11-21-25(35)26(36)27(37)30(38)45-21/h6,8-10,17,21,25-27,30,35-38H,5,7,11-13H2,1-4H3,(H,31,33)/t17-,21+,25+,26-,27+,30?/m0/s1. The number of rotatable bonds is 11. The van der Waals surface area contributed by atoms with Crippen LogP contribution in [0.5, 0.6) is 23.0 Å². The summed E-state index contributed by atoms with van der Waals surface area (Å²) >= 11 is 0. The van der Waals surface area contributed by atoms with E-state index in [9.17, 15) is 34.8 Å². The van der Waals surface area contributed by atoms with Crippen LogP contribution in [-0.4, -0.2) is 111 Å². The van der Waals surface area contributed by atoms with Gasteiger partial charge < -0.3 is 58.9 Å². The number of aliphatic hydroxyl groups excluding tert-OH is 4. The van der Waals surface area contributed by atoms with E-state index in [1.54, 1.807) is 12.1 Å². The molecule has 0 radical (unpaired) electrons. The van der Waals surface area contributed by atoms with E-state index in [4.69, 9.17) is 33.2 Å². The molecule has 2 aromatic carbocycles. The highest BCUT2D eigenvalue weighted by Gasteiger charge is 2.43. The number of esters is 1. The Bertz CT molecular complexity index is 1450. The third-order valence-electron chi connectivity index (χ3n) is 7.60. The summed E-state index contributed by atoms with van der Waals surface area (Å²) in [7, 11) is 5.87. The van der Waals surface area contributed by atoms with Crippen LogP contribution in [0.3, 0.4) is 0 Å². The van der Waals surface area contributed by atoms with Gasteiger partial charge in [-0.05, 0) is 47.7 Å². The minimum absolute atomic E-state index is 0.0994. The molecule has 5 N–H and O–H groups in total. The van der Waals surface area contributed by atoms with Crippen molar-refractivity contribution in [2.24, 2.45) is 0 Å². The Labute approximate surface area is 258 Å². The quantitative estimate of drug-likeness (QED) is 0.192. The van der Waals surface area contributed by atoms with Crippen molar-refractivity contribution in [2.75, 3.05) is 48.3 Å². The van der Waals surface area contributed by atoms with Crippen LogP contribution in [0, 0.1) is 0 Å². The average molecular weight is 636 g/mol. The van der Waals surface area contributed by atoms with Gasteiger partial charge in [0.05, 0.1) is 34.5 Å². The predicted molar refractivity (Wildman–Crippen MR) is 154 cm³/mol. The van der Waals surface area contributed by atoms with Crippen molar-refractivity contribution in [2.45, 2.75) is 49.6 Å². The maximum atomic E-state index is 13.0. The minimum Gasteiger partial charge on any atom is -0.493 e. The summed E-state index contributed by atoms with van der Waals surface area (Å²) in [5.41, 5.74) is 2.20. The zero-order valence-corrected chi connectivity index (χ0v) is 25.2. The molecule has 15 nitrogen and oxygen atoms in total. The van der Waals surface area contributed by atoms with Crippen LogP contribution in [0.25, 0.3) is 11.1 Å². The molecule has 1 aliphatic heterocycles. The highest BCUT2D eigenvalue weighted by molar-refractivity contribution is 5.84. The number of methoxy groups -OCH3 is 4. The molecule has 0 bridgehead atoms. The van der Waals surface area contributed by atoms with E-state index >= 15 is 0 Å². The normalized spacial score (nSPS) is 23.9. The van der Waals surface area contributed by atoms with E-state index in [-0.39, 0.29) is 5.75 Å². The molecule has 0 saturated carbocycles. The SMILES string of the molecule is COc1cc2c(c(OC)c1OC)-c1ccc(OC)c(=O)cc1[C@@H](NC(=O)COCC(=O)OC[C@H]1OC(O)[C@H](O)[C@@H](O)[C@@H]1O)CC2. The molecule has 45 heavy (non-hydrogen) atoms. The Morgan fingerprint density at radius 3 is 2.27 bits per heavy atom. The molecule has 1 heterocycles. The van der Waals surface area contributed by atoms with E-state index in [0.717, 1.165) is 5.56 Å². The average Bonchev–Trinajstić information content (AvgIpc) is 3.28. The number of ether oxygens (including phenoxy) is 7. The van der Waals surface area contributed by atoms with Gasteiger partial charge in [0.25, 0.3) is 0 Å². The molecule has 1 fully saturated rings. The topological polar surface area (TPSA) is 209 Å². The lowest BCUT2D eigenvalue weighted by molar-refractivity contribution is -0.287. The first-order chi connectivity index (χ1) is 21.5. The molecule has 246 valence electrons. The molecule has 1 saturated heterocycles. The number of carbonyl (C=O) groups excluding carboxylic acids is 2. The van der Waals surface area contributed by atoms with Crippen LogP contribution < -0.4 is 29.7 Å². The van der Waals surface area contributed by atoms with Gasteiger partial charge in [0.15, 0.2) is 23.5 Å². The summed E-state index contributed by atoms with van der Waals surface area (Å²) in [4.78, 5) is 38.1. The number of carbonyl (C=O) groups is 2. The van der Waals surface area contributed by atoms with Crippen molar-refractivity contribution < 1.29 is 63.2 Å². The first-order valence-electron chi connectivity index (χ1n) is 14.0. The van der Waals surface area contributed by atoms with Crippen molar-refractivity contribution in [1.82, 2.24) is 5.32 Å². The number of hydrogen-bond acceptors (Lipinski definition) is 14. The molecule has 2 aromatic rings. The van der Waals surface area contributed by atoms with Gasteiger partial charge in [-0.3, -0.25) is 9.59 Å². The van der Waals surface area contributed by atoms with E-state index < -0.39 is 73.9 Å². The van der Waals surface area contributed by atoms with Crippen molar-refractivity contribution >= 4 is 11.9 Å². The summed E-state index contributed by atoms with van der Waals surface area (Å²) in [6.07, 6.45) is -7.27. The third-order valence-corrected chi connectivity index (χ3v) is 7.60. The second kappa shape index (κ2) is 14.9. The summed E-state index contributed by atoms with van der Waals surface area (Å²) in [5, 5.41) is 41.7. The van der Waals surface area contributed by atoms with Crippen LogP contribution in [0.4, 0.5) is 0 Å². The first-order valence-corrected chi connectivity index (χ1v) is 14.0. The van der Waals surface area contributed by atoms with Crippen LogP contribution in [0.15, 0.2) is 29.1 Å². The number of hydrogen-bond donors (Lipinski definition) is 5. The number of fused-ring (bicyclic) bond motifs is 3. The van der Waals surface area contributed by atoms with E-state index in [2.05, 4.69) is 5.32 Å². The van der Waals surface area contributed by atoms with Gasteiger partial charge in [-0.1, -0.05) is 6.07 Å². The monoisotopic (exact) mass is 635 g/mol. The smallest absolute Gasteiger partial charge is 0.332 e. The molecule has 0 spiro atoms. The molecule has 0 aromatic heterocycles. The summed E-state index contributed by atoms with van der Waals surface area (Å²) in [5.74, 6) is -0.177. The Hall–Kier alpha value is -3.99. The van der Waals surface area contributed by atoms with Crippen LogP contribution in [-0.2, 0) is 30.2 Å². The molecular formula is C30H37NO14. The van der Waals surface area contributed by atoms with Gasteiger partial charge in [-0.25, -0.2) is 4.79 Å². The third kappa shape index (κ3) is 7.30. The fourth-order valence-corrected chi connectivity index (χ4v) is 5.37. The van der Waals surface area contributed by atoms with Crippen molar-refractivity contribution in [3.8, 4) is 34.1 Å². The summed E-state index contributed by atoms with van der Waals surface area (Å²) in [6, 6.07) is 5.83. The number of nitrogens with one attached hydrogen (secondary N) is 1. The molecule has 1 amide bonds. The van der Waals surface area contributed by atoms with Crippen LogP contribution in [0.2, 0.25) is 0 Å². The lowest BCUT2D eigenvalue weighted by Gasteiger charge is -2.37. The molecule has 6 atom stereocenters. The molecule has 2 aliphatic rings. The molecule has 15 heteroatoms. The fraction of sp³-hybridized carbons (Fsp3) is 0.500. The highest BCUT2D eigenvalue weighted by atomic mass is 16.7. The highest BCUT2D eigenvalue weighted by Crippen LogP contribution is 2.50. The molecule has 4 rings (SSSR count). The van der Waals surface area contributed by atoms with Gasteiger partial charge in [-0.15, -0.1) is 0 Å². The summed E-state index contributed by atoms with van der Waals surface area (Å²) in [6.45, 7) is -1.71. The van der Waals surface area contributed by atoms with E-state index in [0.29, 0.717) is 46.8 Å². The number of amides is 1. The van der Waals surface area contributed by atoms with Gasteiger partial charge in [-0.2, -0.15) is 0 Å². The van der Waals surface area contributed by atoms with Gasteiger partial charge >= 0.3 is 5.97 Å². The van der Waals surface area contributed by atoms with E-state index in [1.807, 2.05) is 6.07 Å². The van der Waals surface area contributed by atoms with Crippen molar-refractivity contribution in [3.63, 3.8) is 0 Å². The maximum Gasteiger partial charge on any atom is 0.332 e. The fourth-order valence-electron chi connectivity index (χ4n) is 5.37. The van der Waals surface area contributed by atoms with Gasteiger partial charge in [0, 0.05) is 5.56 Å². The van der Waals surface area contributed by atoms with Crippen molar-refractivity contribution in [3.05, 3.63) is 45.6 Å². The number of aliphatic hydroxyl groups is 4. The second-order valence-corrected chi connectivity index (χ2v) is 10.3. The number of aryl methyl sites for hydroxylation is 1. The summed E-state index contributed by atoms with van der Waals surface area (Å²) < 4.78 is 37.2. The molecular weight excluding hydrogens is 598 g/mol. The largest absolute Gasteiger partial charge is 0.493 e. The zero-order valence-electron chi connectivity index (χ0n) is 25.2. The maximum absolute atomic E-state index is 13.0. The van der Waals surface area contributed by atoms with E-state index in [1.165, 1.54) is 34.5 Å². The Morgan fingerprint density at radius 1 is 0.889 bits per heavy atom. The molecule has 1 aliphatic carbocycles. The molecule has 1 unspecified atom stereocenters. The second-order valence-electron chi connectivity index (χ2n) is 10.3. The zero-order chi connectivity index (χ0) is 32.8. The Morgan fingerprint density at radius 2 is 1.60 bits per heavy atom. The lowest BCUT2D eigenvalue weighted by Crippen LogP contribution is -2.58. The van der Waals surface area contributed by atoms with Gasteiger partial charge in [0.2, 0.25) is 17.1 Å². The van der Waals surface area contributed by atoms with Crippen molar-refractivity contribution in [1.29, 1.82) is 0 Å². The lowest BCUT2D eigenvalue weighted by atomic mass is 9.95. The van der Waals surface area contributed by atoms with Gasteiger partial charge in [0.1, 0.15) is 44.2 Å². The number of benzene rings is 1. The minimum atomic E-state index is -1.78.